The number of ether oxygens (including phenoxy) is 2. The van der Waals surface area contributed by atoms with E-state index in [0.29, 0.717) is 19.3 Å². The van der Waals surface area contributed by atoms with Gasteiger partial charge in [0.1, 0.15) is 6.61 Å². The van der Waals surface area contributed by atoms with Crippen LogP contribution in [0.4, 0.5) is 0 Å². The SMILES string of the molecule is O=C(O)CCCCCC(=O)OC(=O)COC1CCCCC1. The number of carboxylic acids is 1. The van der Waals surface area contributed by atoms with E-state index in [1.807, 2.05) is 0 Å². The first kappa shape index (κ1) is 17.6. The van der Waals surface area contributed by atoms with Crippen LogP contribution in [0.2, 0.25) is 0 Å². The van der Waals surface area contributed by atoms with Crippen LogP contribution in [0.25, 0.3) is 0 Å². The second-order valence-electron chi connectivity index (χ2n) is 5.37. The van der Waals surface area contributed by atoms with Crippen molar-refractivity contribution in [2.24, 2.45) is 0 Å². The second-order valence-corrected chi connectivity index (χ2v) is 5.37. The summed E-state index contributed by atoms with van der Waals surface area (Å²) in [5.41, 5.74) is 0. The zero-order valence-corrected chi connectivity index (χ0v) is 12.3. The van der Waals surface area contributed by atoms with Gasteiger partial charge in [-0.1, -0.05) is 25.7 Å². The largest absolute Gasteiger partial charge is 0.481 e. The van der Waals surface area contributed by atoms with Gasteiger partial charge in [-0.25, -0.2) is 4.79 Å². The fraction of sp³-hybridized carbons (Fsp3) is 0.800. The summed E-state index contributed by atoms with van der Waals surface area (Å²) in [6.07, 6.45) is 7.41. The maximum Gasteiger partial charge on any atom is 0.339 e. The van der Waals surface area contributed by atoms with Gasteiger partial charge in [-0.15, -0.1) is 0 Å². The maximum atomic E-state index is 11.4. The van der Waals surface area contributed by atoms with Crippen LogP contribution in [-0.2, 0) is 23.9 Å². The molecule has 0 aromatic carbocycles. The van der Waals surface area contributed by atoms with Crippen LogP contribution in [0, 0.1) is 0 Å². The number of unbranched alkanes of at least 4 members (excludes halogenated alkanes) is 2. The molecule has 120 valence electrons. The van der Waals surface area contributed by atoms with Gasteiger partial charge in [0, 0.05) is 12.8 Å². The minimum absolute atomic E-state index is 0.100. The highest BCUT2D eigenvalue weighted by Crippen LogP contribution is 2.20. The topological polar surface area (TPSA) is 89.9 Å². The molecule has 1 saturated carbocycles. The average Bonchev–Trinajstić information content (AvgIpc) is 2.45. The lowest BCUT2D eigenvalue weighted by Gasteiger charge is -2.21. The Labute approximate surface area is 124 Å². The number of aliphatic carboxylic acids is 1. The first-order valence-corrected chi connectivity index (χ1v) is 7.65. The number of hydrogen-bond donors (Lipinski definition) is 1. The van der Waals surface area contributed by atoms with Gasteiger partial charge in [0.25, 0.3) is 0 Å². The van der Waals surface area contributed by atoms with Gasteiger partial charge in [0.15, 0.2) is 0 Å². The standard InChI is InChI=1S/C15H24O6/c16-13(17)9-5-2-6-10-14(18)21-15(19)11-20-12-7-3-1-4-8-12/h12H,1-11H2,(H,16,17). The monoisotopic (exact) mass is 300 g/mol. The predicted octanol–water partition coefficient (Wildman–Crippen LogP) is 2.44. The van der Waals surface area contributed by atoms with Crippen molar-refractivity contribution in [1.29, 1.82) is 0 Å². The lowest BCUT2D eigenvalue weighted by atomic mass is 9.98. The molecule has 0 spiro atoms. The third-order valence-electron chi connectivity index (χ3n) is 3.49. The Morgan fingerprint density at radius 1 is 0.905 bits per heavy atom. The van der Waals surface area contributed by atoms with Crippen molar-refractivity contribution < 1.29 is 29.0 Å². The van der Waals surface area contributed by atoms with Crippen molar-refractivity contribution in [3.63, 3.8) is 0 Å². The highest BCUT2D eigenvalue weighted by atomic mass is 16.6. The van der Waals surface area contributed by atoms with Gasteiger partial charge >= 0.3 is 17.9 Å². The van der Waals surface area contributed by atoms with Crippen LogP contribution in [0.15, 0.2) is 0 Å². The summed E-state index contributed by atoms with van der Waals surface area (Å²) >= 11 is 0. The van der Waals surface area contributed by atoms with E-state index < -0.39 is 17.9 Å². The van der Waals surface area contributed by atoms with Gasteiger partial charge < -0.3 is 14.6 Å². The molecule has 0 bridgehead atoms. The molecule has 0 unspecified atom stereocenters. The Balaban J connectivity index is 2.02. The van der Waals surface area contributed by atoms with Gasteiger partial charge in [-0.05, 0) is 25.7 Å². The molecule has 1 rings (SSSR count). The van der Waals surface area contributed by atoms with Crippen LogP contribution in [0.3, 0.4) is 0 Å². The van der Waals surface area contributed by atoms with E-state index in [0.717, 1.165) is 25.7 Å². The summed E-state index contributed by atoms with van der Waals surface area (Å²) in [5, 5.41) is 8.46. The highest BCUT2D eigenvalue weighted by Gasteiger charge is 2.17. The van der Waals surface area contributed by atoms with Crippen molar-refractivity contribution in [3.8, 4) is 0 Å². The molecule has 1 aliphatic rings. The quantitative estimate of drug-likeness (QED) is 0.399. The van der Waals surface area contributed by atoms with E-state index in [-0.39, 0.29) is 25.6 Å². The molecule has 0 aromatic heterocycles. The van der Waals surface area contributed by atoms with Crippen molar-refractivity contribution in [2.75, 3.05) is 6.61 Å². The van der Waals surface area contributed by atoms with Crippen LogP contribution >= 0.6 is 0 Å². The molecule has 6 nitrogen and oxygen atoms in total. The fourth-order valence-electron chi connectivity index (χ4n) is 2.35. The molecule has 1 fully saturated rings. The van der Waals surface area contributed by atoms with E-state index in [4.69, 9.17) is 9.84 Å². The molecule has 21 heavy (non-hydrogen) atoms. The first-order chi connectivity index (χ1) is 10.1. The summed E-state index contributed by atoms with van der Waals surface area (Å²) in [4.78, 5) is 33.1. The molecule has 1 N–H and O–H groups in total. The van der Waals surface area contributed by atoms with E-state index in [1.54, 1.807) is 0 Å². The zero-order valence-electron chi connectivity index (χ0n) is 12.3. The molecular formula is C15H24O6. The molecule has 6 heteroatoms. The van der Waals surface area contributed by atoms with Crippen molar-refractivity contribution in [2.45, 2.75) is 70.3 Å². The van der Waals surface area contributed by atoms with Crippen molar-refractivity contribution in [1.82, 2.24) is 0 Å². The van der Waals surface area contributed by atoms with E-state index in [2.05, 4.69) is 4.74 Å². The lowest BCUT2D eigenvalue weighted by Crippen LogP contribution is -2.23. The number of carboxylic acid groups (broad SMARTS) is 1. The van der Waals surface area contributed by atoms with Gasteiger partial charge in [-0.3, -0.25) is 9.59 Å². The Kier molecular flexibility index (Phi) is 8.66. The van der Waals surface area contributed by atoms with Crippen molar-refractivity contribution in [3.05, 3.63) is 0 Å². The van der Waals surface area contributed by atoms with Crippen LogP contribution in [-0.4, -0.2) is 35.7 Å². The summed E-state index contributed by atoms with van der Waals surface area (Å²) in [7, 11) is 0. The normalized spacial score (nSPS) is 15.6. The van der Waals surface area contributed by atoms with E-state index in [9.17, 15) is 14.4 Å². The van der Waals surface area contributed by atoms with Crippen LogP contribution in [0.5, 0.6) is 0 Å². The summed E-state index contributed by atoms with van der Waals surface area (Å²) < 4.78 is 10.1. The number of esters is 2. The summed E-state index contributed by atoms with van der Waals surface area (Å²) in [6, 6.07) is 0. The minimum atomic E-state index is -0.840. The maximum absolute atomic E-state index is 11.4. The number of carbonyl (C=O) groups is 3. The molecule has 0 heterocycles. The first-order valence-electron chi connectivity index (χ1n) is 7.65. The number of carbonyl (C=O) groups excluding carboxylic acids is 2. The molecule has 0 atom stereocenters. The number of rotatable bonds is 9. The minimum Gasteiger partial charge on any atom is -0.481 e. The van der Waals surface area contributed by atoms with Crippen LogP contribution in [0.1, 0.15) is 64.2 Å². The molecule has 0 saturated heterocycles. The van der Waals surface area contributed by atoms with Crippen molar-refractivity contribution >= 4 is 17.9 Å². The van der Waals surface area contributed by atoms with Gasteiger partial charge in [0.05, 0.1) is 6.10 Å². The molecule has 1 aliphatic carbocycles. The highest BCUT2D eigenvalue weighted by molar-refractivity contribution is 5.86. The molecular weight excluding hydrogens is 276 g/mol. The molecule has 0 amide bonds. The fourth-order valence-corrected chi connectivity index (χ4v) is 2.35. The van der Waals surface area contributed by atoms with Gasteiger partial charge in [-0.2, -0.15) is 0 Å². The Bertz CT molecular complexity index is 346. The average molecular weight is 300 g/mol. The Morgan fingerprint density at radius 3 is 2.24 bits per heavy atom. The van der Waals surface area contributed by atoms with E-state index in [1.165, 1.54) is 6.42 Å². The third kappa shape index (κ3) is 9.18. The Hall–Kier alpha value is -1.43. The zero-order chi connectivity index (χ0) is 15.5. The van der Waals surface area contributed by atoms with Gasteiger partial charge in [0.2, 0.25) is 0 Å². The Morgan fingerprint density at radius 2 is 1.57 bits per heavy atom. The molecule has 0 aliphatic heterocycles. The summed E-state index contributed by atoms with van der Waals surface area (Å²) in [6.45, 7) is -0.171. The van der Waals surface area contributed by atoms with Crippen LogP contribution < -0.4 is 0 Å². The summed E-state index contributed by atoms with van der Waals surface area (Å²) in [5.74, 6) is -2.05. The number of hydrogen-bond acceptors (Lipinski definition) is 5. The predicted molar refractivity (Wildman–Crippen MR) is 74.6 cm³/mol. The molecule has 0 aromatic rings. The lowest BCUT2D eigenvalue weighted by molar-refractivity contribution is -0.164. The second kappa shape index (κ2) is 10.3. The smallest absolute Gasteiger partial charge is 0.339 e. The van der Waals surface area contributed by atoms with E-state index >= 15 is 0 Å². The third-order valence-corrected chi connectivity index (χ3v) is 3.49. The molecule has 0 radical (unpaired) electrons.